The fraction of sp³-hybridized carbons (Fsp3) is 0.348. The number of allylic oxidation sites excluding steroid dienone is 2. The summed E-state index contributed by atoms with van der Waals surface area (Å²) in [6.07, 6.45) is -0.622. The second-order valence-electron chi connectivity index (χ2n) is 6.89. The van der Waals surface area contributed by atoms with Crippen molar-refractivity contribution >= 4 is 11.8 Å². The molecular formula is C23H24F3NO4S. The van der Waals surface area contributed by atoms with Gasteiger partial charge in [-0.05, 0) is 61.4 Å². The summed E-state index contributed by atoms with van der Waals surface area (Å²) in [6, 6.07) is 12.3. The molecule has 0 aromatic heterocycles. The molecule has 5 nitrogen and oxygen atoms in total. The van der Waals surface area contributed by atoms with E-state index in [-0.39, 0.29) is 19.1 Å². The fourth-order valence-electron chi connectivity index (χ4n) is 2.73. The van der Waals surface area contributed by atoms with Gasteiger partial charge < -0.3 is 9.47 Å². The van der Waals surface area contributed by atoms with Gasteiger partial charge in [0.2, 0.25) is 0 Å². The van der Waals surface area contributed by atoms with Crippen molar-refractivity contribution in [1.82, 2.24) is 0 Å². The van der Waals surface area contributed by atoms with Crippen LogP contribution in [0.3, 0.4) is 0 Å². The molecular weight excluding hydrogens is 443 g/mol. The van der Waals surface area contributed by atoms with Crippen LogP contribution in [-0.4, -0.2) is 30.8 Å². The van der Waals surface area contributed by atoms with Crippen LogP contribution in [-0.2, 0) is 11.1 Å². The van der Waals surface area contributed by atoms with E-state index < -0.39 is 11.7 Å². The lowest BCUT2D eigenvalue weighted by molar-refractivity contribution is -0.245. The maximum Gasteiger partial charge on any atom is 0.416 e. The number of hydrogen-bond acceptors (Lipinski definition) is 6. The molecule has 32 heavy (non-hydrogen) atoms. The molecule has 0 aliphatic heterocycles. The summed E-state index contributed by atoms with van der Waals surface area (Å²) in [4.78, 5) is 5.02. The minimum absolute atomic E-state index is 0.0461. The second kappa shape index (κ2) is 13.0. The molecule has 2 rings (SSSR count). The highest BCUT2D eigenvalue weighted by molar-refractivity contribution is 7.99. The second-order valence-corrected chi connectivity index (χ2v) is 7.98. The molecule has 0 aliphatic carbocycles. The van der Waals surface area contributed by atoms with Crippen LogP contribution < -0.4 is 9.47 Å². The average Bonchev–Trinajstić information content (AvgIpc) is 2.76. The molecule has 9 heteroatoms. The monoisotopic (exact) mass is 467 g/mol. The third-order valence-electron chi connectivity index (χ3n) is 4.39. The number of benzene rings is 2. The maximum atomic E-state index is 12.7. The summed E-state index contributed by atoms with van der Waals surface area (Å²) in [5.41, 5.74) is 0.218. The van der Waals surface area contributed by atoms with Gasteiger partial charge in [-0.15, -0.1) is 11.8 Å². The lowest BCUT2D eigenvalue weighted by Gasteiger charge is -2.17. The van der Waals surface area contributed by atoms with Crippen molar-refractivity contribution in [3.63, 3.8) is 0 Å². The number of nitriles is 1. The van der Waals surface area contributed by atoms with E-state index >= 15 is 0 Å². The number of hydrogen-bond donors (Lipinski definition) is 1. The van der Waals surface area contributed by atoms with Crippen LogP contribution >= 0.6 is 11.8 Å². The van der Waals surface area contributed by atoms with Crippen LogP contribution in [0, 0.1) is 24.2 Å². The molecule has 0 radical (unpaired) electrons. The molecule has 0 bridgehead atoms. The molecule has 0 amide bonds. The summed E-state index contributed by atoms with van der Waals surface area (Å²) in [5.74, 6) is 1.80. The van der Waals surface area contributed by atoms with Gasteiger partial charge in [-0.25, -0.2) is 4.89 Å². The third kappa shape index (κ3) is 8.83. The number of alkyl halides is 3. The number of rotatable bonds is 12. The minimum atomic E-state index is -4.38. The molecule has 0 heterocycles. The molecule has 0 spiro atoms. The highest BCUT2D eigenvalue weighted by Crippen LogP contribution is 2.31. The van der Waals surface area contributed by atoms with Crippen molar-refractivity contribution in [2.45, 2.75) is 24.4 Å². The smallest absolute Gasteiger partial charge is 0.416 e. The van der Waals surface area contributed by atoms with Gasteiger partial charge in [-0.3, -0.25) is 5.26 Å². The first-order valence-electron chi connectivity index (χ1n) is 9.80. The zero-order valence-electron chi connectivity index (χ0n) is 17.5. The van der Waals surface area contributed by atoms with Gasteiger partial charge in [0.1, 0.15) is 24.7 Å². The molecule has 2 aromatic carbocycles. The fourth-order valence-corrected chi connectivity index (χ4v) is 3.81. The summed E-state index contributed by atoms with van der Waals surface area (Å²) >= 11 is 1.61. The van der Waals surface area contributed by atoms with E-state index in [1.54, 1.807) is 17.8 Å². The predicted molar refractivity (Wildman–Crippen MR) is 116 cm³/mol. The average molecular weight is 468 g/mol. The van der Waals surface area contributed by atoms with Crippen LogP contribution in [0.15, 0.2) is 59.5 Å². The Balaban J connectivity index is 1.95. The molecule has 0 saturated heterocycles. The normalized spacial score (nSPS) is 12.5. The molecule has 1 atom stereocenters. The topological polar surface area (TPSA) is 71.7 Å². The molecule has 1 N–H and O–H groups in total. The van der Waals surface area contributed by atoms with Crippen molar-refractivity contribution in [2.75, 3.05) is 25.6 Å². The predicted octanol–water partition coefficient (Wildman–Crippen LogP) is 6.14. The highest BCUT2D eigenvalue weighted by Gasteiger charge is 2.30. The van der Waals surface area contributed by atoms with Gasteiger partial charge in [0.25, 0.3) is 0 Å². The van der Waals surface area contributed by atoms with Crippen LogP contribution in [0.25, 0.3) is 0 Å². The van der Waals surface area contributed by atoms with E-state index in [0.717, 1.165) is 22.6 Å². The first kappa shape index (κ1) is 25.6. The van der Waals surface area contributed by atoms with Crippen LogP contribution in [0.1, 0.15) is 17.5 Å². The lowest BCUT2D eigenvalue weighted by atomic mass is 10.1. The van der Waals surface area contributed by atoms with Crippen molar-refractivity contribution < 1.29 is 32.8 Å². The van der Waals surface area contributed by atoms with Crippen LogP contribution in [0.4, 0.5) is 13.2 Å². The summed E-state index contributed by atoms with van der Waals surface area (Å²) in [6.45, 7) is 2.53. The first-order chi connectivity index (χ1) is 15.3. The Hall–Kier alpha value is -2.67. The van der Waals surface area contributed by atoms with E-state index in [4.69, 9.17) is 20.0 Å². The van der Waals surface area contributed by atoms with Crippen LogP contribution in [0.2, 0.25) is 0 Å². The molecule has 172 valence electrons. The van der Waals surface area contributed by atoms with Crippen molar-refractivity contribution in [1.29, 1.82) is 5.26 Å². The van der Waals surface area contributed by atoms with Crippen molar-refractivity contribution in [3.8, 4) is 17.6 Å². The van der Waals surface area contributed by atoms with E-state index in [2.05, 4.69) is 4.89 Å². The van der Waals surface area contributed by atoms with E-state index in [1.807, 2.05) is 31.2 Å². The third-order valence-corrected chi connectivity index (χ3v) is 5.62. The van der Waals surface area contributed by atoms with Gasteiger partial charge in [0.05, 0.1) is 18.2 Å². The van der Waals surface area contributed by atoms with Crippen LogP contribution in [0.5, 0.6) is 11.5 Å². The molecule has 1 unspecified atom stereocenters. The van der Waals surface area contributed by atoms with Gasteiger partial charge in [0.15, 0.2) is 0 Å². The maximum absolute atomic E-state index is 12.7. The van der Waals surface area contributed by atoms with E-state index in [1.165, 1.54) is 18.2 Å². The molecule has 0 saturated carbocycles. The van der Waals surface area contributed by atoms with E-state index in [9.17, 15) is 13.2 Å². The minimum Gasteiger partial charge on any atom is -0.493 e. The Morgan fingerprint density at radius 2 is 1.88 bits per heavy atom. The number of nitrogens with zero attached hydrogens (tertiary/aromatic N) is 1. The van der Waals surface area contributed by atoms with Gasteiger partial charge >= 0.3 is 6.18 Å². The molecule has 2 aromatic rings. The number of ether oxygens (including phenoxy) is 2. The van der Waals surface area contributed by atoms with Gasteiger partial charge in [-0.1, -0.05) is 6.08 Å². The quantitative estimate of drug-likeness (QED) is 0.133. The largest absolute Gasteiger partial charge is 0.493 e. The Labute approximate surface area is 189 Å². The van der Waals surface area contributed by atoms with Gasteiger partial charge in [-0.2, -0.15) is 18.4 Å². The summed E-state index contributed by atoms with van der Waals surface area (Å²) in [7, 11) is 0. The van der Waals surface area contributed by atoms with E-state index in [0.29, 0.717) is 30.3 Å². The number of aryl methyl sites for hydroxylation is 1. The van der Waals surface area contributed by atoms with Crippen molar-refractivity contribution in [3.05, 3.63) is 65.7 Å². The van der Waals surface area contributed by atoms with Gasteiger partial charge in [0, 0.05) is 22.6 Å². The lowest BCUT2D eigenvalue weighted by Crippen LogP contribution is -2.14. The zero-order chi connectivity index (χ0) is 23.4. The SMILES string of the molecule is Cc1cc(SCC(CC=CC#N)COc2ccc(C(F)(F)F)cc2)ccc1OCCOO. The first-order valence-corrected chi connectivity index (χ1v) is 10.8. The standard InChI is InChI=1S/C23H24F3NO4S/c1-17-14-21(9-10-22(17)29-12-13-31-28)32-16-18(4-2-3-11-27)15-30-20-7-5-19(6-8-20)23(24,25)26/h2-3,5-10,14,18,28H,4,12-13,15-16H2,1H3. The highest BCUT2D eigenvalue weighted by atomic mass is 32.2. The Morgan fingerprint density at radius 1 is 1.12 bits per heavy atom. The Bertz CT molecular complexity index is 911. The molecule has 0 fully saturated rings. The number of halogens is 3. The number of thioether (sulfide) groups is 1. The Morgan fingerprint density at radius 3 is 2.50 bits per heavy atom. The zero-order valence-corrected chi connectivity index (χ0v) is 18.3. The Kier molecular flexibility index (Phi) is 10.4. The summed E-state index contributed by atoms with van der Waals surface area (Å²) in [5, 5.41) is 17.1. The molecule has 0 aliphatic rings. The summed E-state index contributed by atoms with van der Waals surface area (Å²) < 4.78 is 49.3. The van der Waals surface area contributed by atoms with Crippen molar-refractivity contribution in [2.24, 2.45) is 5.92 Å².